The van der Waals surface area contributed by atoms with Crippen LogP contribution in [0.25, 0.3) is 22.6 Å². The highest BCUT2D eigenvalue weighted by molar-refractivity contribution is 5.90. The molecule has 0 spiro atoms. The number of phenolic OH excluding ortho intramolecular Hbond substituents is 4. The number of aliphatic hydroxyl groups excluding tert-OH is 12. The molecule has 3 aromatic rings. The van der Waals surface area contributed by atoms with Gasteiger partial charge in [0, 0.05) is 17.7 Å². The zero-order valence-corrected chi connectivity index (χ0v) is 43.0. The van der Waals surface area contributed by atoms with Crippen molar-refractivity contribution in [3.8, 4) is 62.9 Å². The molecule has 3 aromatic carbocycles. The van der Waals surface area contributed by atoms with E-state index in [2.05, 4.69) is 0 Å². The fourth-order valence-corrected chi connectivity index (χ4v) is 9.19. The van der Waals surface area contributed by atoms with E-state index in [1.165, 1.54) is 55.5 Å². The summed E-state index contributed by atoms with van der Waals surface area (Å²) in [7, 11) is 0. The molecule has 6 aliphatic rings. The second kappa shape index (κ2) is 25.0. The number of carbonyl (C=O) groups is 2. The summed E-state index contributed by atoms with van der Waals surface area (Å²) in [6, 6.07) is 14.8. The average molecular weight is 1180 g/mol. The number of esters is 2. The number of fused-ring (bicyclic) bond motifs is 1. The number of aliphatic hydroxyl groups is 12. The van der Waals surface area contributed by atoms with Crippen LogP contribution in [0, 0.1) is 0 Å². The lowest BCUT2D eigenvalue weighted by molar-refractivity contribution is -0.318. The van der Waals surface area contributed by atoms with Gasteiger partial charge >= 0.3 is 11.9 Å². The zero-order chi connectivity index (χ0) is 59.9. The predicted octanol–water partition coefficient (Wildman–Crippen LogP) is -3.65. The standard InChI is InChI=1S/C53H58O30/c1-18-34(58)39(63)43(67)50(76-18)75-17-33-38(62)42(66)46(70)53(83-33)80-30-14-25-26(55)12-24(13-29(25)79-47(30)21-10-27(56)35(59)28(57)11-21)78-52-45(69)41(65)37(61)32(82-52)16-74-49(72)20-4-8-23(9-5-20)77-51-44(68)40(64)36(60)31(81-51)15-73-48(71)19-2-6-22(54)7-3-19/h2-14,18,31-34,36-46,50-54,56-70H,15-17H2,1H3/t18-,31+,32+,33+,34-,36+,37+,38+,39+,40-,41-,42-,43+,44+,45+,46+,50+,51+,52+,53+/m0/s1. The maximum atomic E-state index is 13.8. The van der Waals surface area contributed by atoms with Crippen LogP contribution in [0.5, 0.6) is 40.2 Å². The van der Waals surface area contributed by atoms with Crippen molar-refractivity contribution in [1.29, 1.82) is 0 Å². The first kappa shape index (κ1) is 60.5. The fourth-order valence-electron chi connectivity index (χ4n) is 9.19. The summed E-state index contributed by atoms with van der Waals surface area (Å²) in [5.74, 6) is -6.36. The molecular formula is C53H58O30. The Morgan fingerprint density at radius 3 is 1.43 bits per heavy atom. The Kier molecular flexibility index (Phi) is 18.3. The van der Waals surface area contributed by atoms with Gasteiger partial charge in [0.05, 0.1) is 29.4 Å². The molecular weight excluding hydrogens is 1120 g/mol. The monoisotopic (exact) mass is 1170 g/mol. The second-order valence-corrected chi connectivity index (χ2v) is 19.8. The first-order valence-electron chi connectivity index (χ1n) is 25.4. The van der Waals surface area contributed by atoms with Gasteiger partial charge in [-0.3, -0.25) is 4.79 Å². The highest BCUT2D eigenvalue weighted by Gasteiger charge is 2.50. The number of aromatic hydroxyl groups is 4. The molecule has 0 radical (unpaired) electrons. The quantitative estimate of drug-likeness (QED) is 0.0335. The van der Waals surface area contributed by atoms with E-state index in [4.69, 9.17) is 51.8 Å². The van der Waals surface area contributed by atoms with E-state index in [0.29, 0.717) is 0 Å². The highest BCUT2D eigenvalue weighted by atomic mass is 16.7. The molecule has 20 atom stereocenters. The van der Waals surface area contributed by atoms with Gasteiger partial charge in [-0.1, -0.05) is 0 Å². The van der Waals surface area contributed by atoms with Crippen LogP contribution in [0.1, 0.15) is 27.6 Å². The van der Waals surface area contributed by atoms with Gasteiger partial charge in [0.15, 0.2) is 40.5 Å². The minimum atomic E-state index is -2.05. The molecule has 450 valence electrons. The minimum absolute atomic E-state index is 0.0215. The van der Waals surface area contributed by atoms with Crippen molar-refractivity contribution in [3.63, 3.8) is 0 Å². The minimum Gasteiger partial charge on any atom is -0.508 e. The first-order valence-corrected chi connectivity index (χ1v) is 25.4. The molecule has 0 aromatic heterocycles. The lowest BCUT2D eigenvalue weighted by atomic mass is 9.98. The molecule has 0 bridgehead atoms. The summed E-state index contributed by atoms with van der Waals surface area (Å²) in [6.45, 7) is -0.636. The molecule has 1 aliphatic carbocycles. The number of hydrogen-bond donors (Lipinski definition) is 16. The molecule has 5 aliphatic heterocycles. The Morgan fingerprint density at radius 2 is 0.916 bits per heavy atom. The number of rotatable bonds is 16. The SMILES string of the molecule is C[C@@H]1O[C@@H](OC[C@H]2O[C@@H](Oc3cc4c(=O)cc(O[C@@H]5O[C@H](COC(=O)c6ccc(O[C@@H]7O[C@H](COC(=O)c8ccc(O)cc8)[C@@H](O)[C@H](O)[C@H]7O)cc6)[C@@H](O)[C@H](O)[C@H]5O)cc-4oc3-c3cc(O)c(O)c(O)c3)[C@H](O)[C@@H](O)[C@@H]2O)[C@H](O)[C@H](O)[C@H]1O. The summed E-state index contributed by atoms with van der Waals surface area (Å²) in [6.07, 6.45) is -34.6. The summed E-state index contributed by atoms with van der Waals surface area (Å²) >= 11 is 0. The van der Waals surface area contributed by atoms with Crippen LogP contribution >= 0.6 is 0 Å². The number of ether oxygens (including phenoxy) is 10. The lowest BCUT2D eigenvalue weighted by Crippen LogP contribution is -2.61. The number of phenols is 4. The Balaban J connectivity index is 0.866. The van der Waals surface area contributed by atoms with E-state index < -0.39 is 195 Å². The van der Waals surface area contributed by atoms with Crippen molar-refractivity contribution in [3.05, 3.63) is 100 Å². The molecule has 4 fully saturated rings. The topological polar surface area (TPSA) is 480 Å². The maximum Gasteiger partial charge on any atom is 0.338 e. The van der Waals surface area contributed by atoms with Gasteiger partial charge in [-0.2, -0.15) is 0 Å². The van der Waals surface area contributed by atoms with Gasteiger partial charge in [-0.25, -0.2) is 9.59 Å². The van der Waals surface area contributed by atoms with Crippen LogP contribution in [0.3, 0.4) is 0 Å². The molecule has 30 nitrogen and oxygen atoms in total. The third-order valence-corrected chi connectivity index (χ3v) is 14.1. The second-order valence-electron chi connectivity index (χ2n) is 19.8. The lowest BCUT2D eigenvalue weighted by Gasteiger charge is -2.42. The van der Waals surface area contributed by atoms with Crippen LogP contribution in [-0.2, 0) is 33.2 Å². The highest BCUT2D eigenvalue weighted by Crippen LogP contribution is 2.45. The van der Waals surface area contributed by atoms with Crippen LogP contribution in [0.15, 0.2) is 88.1 Å². The predicted molar refractivity (Wildman–Crippen MR) is 267 cm³/mol. The van der Waals surface area contributed by atoms with Gasteiger partial charge in [-0.15, -0.1) is 0 Å². The van der Waals surface area contributed by atoms with Crippen molar-refractivity contribution in [2.45, 2.75) is 130 Å². The van der Waals surface area contributed by atoms with Gasteiger partial charge in [0.2, 0.25) is 18.9 Å². The molecule has 0 saturated carbocycles. The molecule has 9 rings (SSSR count). The van der Waals surface area contributed by atoms with Crippen molar-refractivity contribution in [1.82, 2.24) is 0 Å². The Labute approximate surface area is 466 Å². The van der Waals surface area contributed by atoms with Gasteiger partial charge in [0.25, 0.3) is 0 Å². The van der Waals surface area contributed by atoms with E-state index in [1.54, 1.807) is 0 Å². The molecule has 5 heterocycles. The van der Waals surface area contributed by atoms with E-state index in [1.807, 2.05) is 0 Å². The van der Waals surface area contributed by atoms with Crippen molar-refractivity contribution in [2.75, 3.05) is 19.8 Å². The van der Waals surface area contributed by atoms with Crippen LogP contribution in [0.2, 0.25) is 0 Å². The fraction of sp³-hybridized carbons (Fsp3) is 0.453. The maximum absolute atomic E-state index is 13.8. The van der Waals surface area contributed by atoms with Gasteiger partial charge < -0.3 is 133 Å². The molecule has 16 N–H and O–H groups in total. The average Bonchev–Trinajstić information content (AvgIpc) is 3.65. The molecule has 0 amide bonds. The van der Waals surface area contributed by atoms with E-state index in [0.717, 1.165) is 30.3 Å². The van der Waals surface area contributed by atoms with Crippen molar-refractivity contribution >= 4 is 11.9 Å². The summed E-state index contributed by atoms with van der Waals surface area (Å²) in [5.41, 5.74) is -1.49. The summed E-state index contributed by atoms with van der Waals surface area (Å²) < 4.78 is 62.0. The van der Waals surface area contributed by atoms with Gasteiger partial charge in [-0.05, 0) is 73.7 Å². The molecule has 4 saturated heterocycles. The van der Waals surface area contributed by atoms with Crippen molar-refractivity contribution < 1.29 is 143 Å². The normalized spacial score (nSPS) is 33.7. The third-order valence-electron chi connectivity index (χ3n) is 14.1. The third kappa shape index (κ3) is 12.9. The van der Waals surface area contributed by atoms with Crippen LogP contribution in [-0.4, -0.2) is 236 Å². The Bertz CT molecular complexity index is 3060. The first-order chi connectivity index (χ1) is 39.4. The smallest absolute Gasteiger partial charge is 0.338 e. The van der Waals surface area contributed by atoms with E-state index in [9.17, 15) is 96.1 Å². The number of hydrogen-bond acceptors (Lipinski definition) is 30. The van der Waals surface area contributed by atoms with E-state index >= 15 is 0 Å². The Morgan fingerprint density at radius 1 is 0.470 bits per heavy atom. The summed E-state index contributed by atoms with van der Waals surface area (Å²) in [5, 5.41) is 168. The van der Waals surface area contributed by atoms with Crippen LogP contribution in [0.4, 0.5) is 0 Å². The van der Waals surface area contributed by atoms with Gasteiger partial charge in [0.1, 0.15) is 128 Å². The molecule has 30 heteroatoms. The van der Waals surface area contributed by atoms with E-state index in [-0.39, 0.29) is 39.5 Å². The largest absolute Gasteiger partial charge is 0.508 e. The number of benzene rings is 4. The van der Waals surface area contributed by atoms with Crippen molar-refractivity contribution in [2.24, 2.45) is 0 Å². The zero-order valence-electron chi connectivity index (χ0n) is 43.0. The Hall–Kier alpha value is -7.05. The van der Waals surface area contributed by atoms with Crippen LogP contribution < -0.4 is 19.6 Å². The molecule has 0 unspecified atom stereocenters. The number of carbonyl (C=O) groups excluding carboxylic acids is 2. The summed E-state index contributed by atoms with van der Waals surface area (Å²) in [4.78, 5) is 39.5. The molecule has 83 heavy (non-hydrogen) atoms.